The fourth-order valence-corrected chi connectivity index (χ4v) is 1.56. The largest absolute Gasteiger partial charge is 0.326 e. The van der Waals surface area contributed by atoms with Crippen molar-refractivity contribution in [1.29, 1.82) is 5.26 Å². The van der Waals surface area contributed by atoms with E-state index in [1.54, 1.807) is 16.9 Å². The predicted molar refractivity (Wildman–Crippen MR) is 67.6 cm³/mol. The zero-order valence-electron chi connectivity index (χ0n) is 9.51. The van der Waals surface area contributed by atoms with Gasteiger partial charge in [-0.3, -0.25) is 4.68 Å². The van der Waals surface area contributed by atoms with Crippen LogP contribution in [-0.4, -0.2) is 9.78 Å². The Bertz CT molecular complexity index is 574. The van der Waals surface area contributed by atoms with Crippen molar-refractivity contribution in [2.45, 2.75) is 13.1 Å². The van der Waals surface area contributed by atoms with Crippen molar-refractivity contribution in [2.75, 3.05) is 0 Å². The highest BCUT2D eigenvalue weighted by Gasteiger charge is 2.05. The molecule has 2 N–H and O–H groups in total. The van der Waals surface area contributed by atoms with Crippen LogP contribution in [0, 0.1) is 17.1 Å². The quantitative estimate of drug-likeness (QED) is 0.921. The van der Waals surface area contributed by atoms with Crippen molar-refractivity contribution < 1.29 is 4.39 Å². The molecule has 1 heterocycles. The monoisotopic (exact) mass is 266 g/mol. The van der Waals surface area contributed by atoms with Crippen molar-refractivity contribution >= 4 is 12.4 Å². The second-order valence-corrected chi connectivity index (χ2v) is 3.66. The van der Waals surface area contributed by atoms with E-state index < -0.39 is 5.82 Å². The highest BCUT2D eigenvalue weighted by Crippen LogP contribution is 2.12. The Morgan fingerprint density at radius 3 is 2.83 bits per heavy atom. The summed E-state index contributed by atoms with van der Waals surface area (Å²) >= 11 is 0. The molecule has 0 aliphatic carbocycles. The van der Waals surface area contributed by atoms with Crippen LogP contribution < -0.4 is 5.73 Å². The van der Waals surface area contributed by atoms with Crippen molar-refractivity contribution in [3.05, 3.63) is 53.1 Å². The van der Waals surface area contributed by atoms with E-state index in [0.717, 1.165) is 11.1 Å². The lowest BCUT2D eigenvalue weighted by Crippen LogP contribution is -2.02. The maximum absolute atomic E-state index is 12.9. The molecule has 2 rings (SSSR count). The second kappa shape index (κ2) is 6.15. The van der Waals surface area contributed by atoms with Crippen molar-refractivity contribution in [2.24, 2.45) is 5.73 Å². The topological polar surface area (TPSA) is 67.6 Å². The molecule has 0 atom stereocenters. The average molecular weight is 267 g/mol. The van der Waals surface area contributed by atoms with Gasteiger partial charge in [-0.15, -0.1) is 12.4 Å². The molecule has 0 aliphatic heterocycles. The standard InChI is InChI=1S/C12H11FN4.ClH/c13-12-2-1-10(11(3-12)5-15)8-17-7-9(4-14)6-16-17;/h1-3,6-7H,4,8,14H2;1H. The van der Waals surface area contributed by atoms with Crippen LogP contribution in [0.4, 0.5) is 4.39 Å². The molecule has 0 aliphatic rings. The molecule has 0 spiro atoms. The molecule has 1 aromatic heterocycles. The molecule has 6 heteroatoms. The van der Waals surface area contributed by atoms with Crippen LogP contribution in [0.5, 0.6) is 0 Å². The molecule has 94 valence electrons. The van der Waals surface area contributed by atoms with Gasteiger partial charge in [-0.1, -0.05) is 6.07 Å². The normalized spacial score (nSPS) is 9.61. The first kappa shape index (κ1) is 14.2. The fourth-order valence-electron chi connectivity index (χ4n) is 1.56. The van der Waals surface area contributed by atoms with Gasteiger partial charge in [-0.05, 0) is 17.7 Å². The van der Waals surface area contributed by atoms with Gasteiger partial charge in [0.1, 0.15) is 5.82 Å². The Labute approximate surface area is 110 Å². The minimum absolute atomic E-state index is 0. The number of aromatic nitrogens is 2. The Kier molecular flexibility index (Phi) is 4.84. The maximum atomic E-state index is 12.9. The molecule has 4 nitrogen and oxygen atoms in total. The molecule has 1 aromatic carbocycles. The molecular formula is C12H12ClFN4. The summed E-state index contributed by atoms with van der Waals surface area (Å²) in [6.45, 7) is 0.859. The first-order chi connectivity index (χ1) is 8.22. The summed E-state index contributed by atoms with van der Waals surface area (Å²) in [6.07, 6.45) is 3.49. The van der Waals surface area contributed by atoms with E-state index in [-0.39, 0.29) is 12.4 Å². The van der Waals surface area contributed by atoms with Gasteiger partial charge in [0.25, 0.3) is 0 Å². The number of rotatable bonds is 3. The molecule has 0 saturated heterocycles. The first-order valence-corrected chi connectivity index (χ1v) is 5.13. The van der Waals surface area contributed by atoms with E-state index in [0.29, 0.717) is 18.7 Å². The highest BCUT2D eigenvalue weighted by atomic mass is 35.5. The zero-order valence-corrected chi connectivity index (χ0v) is 10.3. The Balaban J connectivity index is 0.00000162. The number of hydrogen-bond acceptors (Lipinski definition) is 3. The number of benzene rings is 1. The summed E-state index contributed by atoms with van der Waals surface area (Å²) in [5.41, 5.74) is 7.46. The average Bonchev–Trinajstić information content (AvgIpc) is 2.79. The summed E-state index contributed by atoms with van der Waals surface area (Å²) < 4.78 is 14.6. The van der Waals surface area contributed by atoms with Crippen LogP contribution in [0.25, 0.3) is 0 Å². The zero-order chi connectivity index (χ0) is 12.3. The highest BCUT2D eigenvalue weighted by molar-refractivity contribution is 5.85. The minimum atomic E-state index is -0.409. The lowest BCUT2D eigenvalue weighted by Gasteiger charge is -2.04. The van der Waals surface area contributed by atoms with Crippen molar-refractivity contribution in [3.8, 4) is 6.07 Å². The molecule has 2 aromatic rings. The van der Waals surface area contributed by atoms with E-state index in [4.69, 9.17) is 11.0 Å². The van der Waals surface area contributed by atoms with Gasteiger partial charge in [0.2, 0.25) is 0 Å². The lowest BCUT2D eigenvalue weighted by molar-refractivity contribution is 0.623. The van der Waals surface area contributed by atoms with Crippen LogP contribution in [0.2, 0.25) is 0 Å². The van der Waals surface area contributed by atoms with E-state index in [2.05, 4.69) is 5.10 Å². The fraction of sp³-hybridized carbons (Fsp3) is 0.167. The predicted octanol–water partition coefficient (Wildman–Crippen LogP) is 1.82. The number of halogens is 2. The molecular weight excluding hydrogens is 255 g/mol. The van der Waals surface area contributed by atoms with Gasteiger partial charge in [0.05, 0.1) is 24.4 Å². The van der Waals surface area contributed by atoms with Crippen LogP contribution >= 0.6 is 12.4 Å². The summed E-state index contributed by atoms with van der Waals surface area (Å²) in [7, 11) is 0. The third kappa shape index (κ3) is 3.06. The number of hydrogen-bond donors (Lipinski definition) is 1. The Hall–Kier alpha value is -1.90. The summed E-state index contributed by atoms with van der Waals surface area (Å²) in [5.74, 6) is -0.409. The van der Waals surface area contributed by atoms with Crippen LogP contribution in [0.1, 0.15) is 16.7 Å². The van der Waals surface area contributed by atoms with Crippen molar-refractivity contribution in [3.63, 3.8) is 0 Å². The summed E-state index contributed by atoms with van der Waals surface area (Å²) in [5, 5.41) is 13.0. The van der Waals surface area contributed by atoms with Crippen LogP contribution in [0.15, 0.2) is 30.6 Å². The van der Waals surface area contributed by atoms with Gasteiger partial charge in [-0.25, -0.2) is 4.39 Å². The molecule has 0 bridgehead atoms. The third-order valence-electron chi connectivity index (χ3n) is 2.45. The smallest absolute Gasteiger partial charge is 0.124 e. The molecule has 18 heavy (non-hydrogen) atoms. The number of nitrogens with two attached hydrogens (primary N) is 1. The van der Waals surface area contributed by atoms with E-state index in [9.17, 15) is 4.39 Å². The van der Waals surface area contributed by atoms with Gasteiger partial charge < -0.3 is 5.73 Å². The lowest BCUT2D eigenvalue weighted by atomic mass is 10.1. The number of nitriles is 1. The maximum Gasteiger partial charge on any atom is 0.124 e. The van der Waals surface area contributed by atoms with E-state index in [1.165, 1.54) is 12.1 Å². The summed E-state index contributed by atoms with van der Waals surface area (Å²) in [4.78, 5) is 0. The first-order valence-electron chi connectivity index (χ1n) is 5.13. The molecule has 0 fully saturated rings. The second-order valence-electron chi connectivity index (χ2n) is 3.66. The van der Waals surface area contributed by atoms with Gasteiger partial charge in [-0.2, -0.15) is 10.4 Å². The van der Waals surface area contributed by atoms with E-state index in [1.807, 2.05) is 12.3 Å². The molecule has 0 saturated carbocycles. The van der Waals surface area contributed by atoms with E-state index >= 15 is 0 Å². The Morgan fingerprint density at radius 1 is 1.44 bits per heavy atom. The van der Waals surface area contributed by atoms with Crippen LogP contribution in [-0.2, 0) is 13.1 Å². The van der Waals surface area contributed by atoms with Gasteiger partial charge in [0.15, 0.2) is 0 Å². The summed E-state index contributed by atoms with van der Waals surface area (Å²) in [6, 6.07) is 6.13. The van der Waals surface area contributed by atoms with Crippen molar-refractivity contribution in [1.82, 2.24) is 9.78 Å². The van der Waals surface area contributed by atoms with Crippen LogP contribution in [0.3, 0.4) is 0 Å². The Morgan fingerprint density at radius 2 is 2.22 bits per heavy atom. The number of nitrogens with zero attached hydrogens (tertiary/aromatic N) is 3. The molecule has 0 radical (unpaired) electrons. The van der Waals surface area contributed by atoms with Gasteiger partial charge in [0, 0.05) is 18.3 Å². The minimum Gasteiger partial charge on any atom is -0.326 e. The SMILES string of the molecule is Cl.N#Cc1cc(F)ccc1Cn1cc(CN)cn1. The molecule has 0 unspecified atom stereocenters. The third-order valence-corrected chi connectivity index (χ3v) is 2.45. The van der Waals surface area contributed by atoms with Gasteiger partial charge >= 0.3 is 0 Å². The molecule has 0 amide bonds.